The van der Waals surface area contributed by atoms with Crippen LogP contribution < -0.4 is 0 Å². The lowest BCUT2D eigenvalue weighted by atomic mass is 10.1. The lowest BCUT2D eigenvalue weighted by Crippen LogP contribution is -2.02. The minimum Gasteiger partial charge on any atom is -0.390 e. The third kappa shape index (κ3) is 1.86. The van der Waals surface area contributed by atoms with Crippen molar-refractivity contribution >= 4 is 0 Å². The SMILES string of the molecule is Cc1c(C#N)cc(CO)nc1C(F)F. The third-order valence-corrected chi connectivity index (χ3v) is 1.85. The molecule has 0 amide bonds. The highest BCUT2D eigenvalue weighted by molar-refractivity contribution is 5.40. The van der Waals surface area contributed by atoms with Gasteiger partial charge in [0, 0.05) is 0 Å². The monoisotopic (exact) mass is 198 g/mol. The molecule has 0 saturated heterocycles. The van der Waals surface area contributed by atoms with Gasteiger partial charge in [0.15, 0.2) is 0 Å². The summed E-state index contributed by atoms with van der Waals surface area (Å²) in [6.07, 6.45) is -2.73. The van der Waals surface area contributed by atoms with Crippen LogP contribution in [0.25, 0.3) is 0 Å². The fourth-order valence-corrected chi connectivity index (χ4v) is 1.09. The first kappa shape index (κ1) is 10.5. The van der Waals surface area contributed by atoms with Gasteiger partial charge in [-0.15, -0.1) is 0 Å². The van der Waals surface area contributed by atoms with E-state index in [1.165, 1.54) is 13.0 Å². The highest BCUT2D eigenvalue weighted by Gasteiger charge is 2.16. The zero-order valence-corrected chi connectivity index (χ0v) is 7.46. The van der Waals surface area contributed by atoms with E-state index >= 15 is 0 Å². The Morgan fingerprint density at radius 1 is 1.64 bits per heavy atom. The maximum absolute atomic E-state index is 12.4. The van der Waals surface area contributed by atoms with Gasteiger partial charge < -0.3 is 5.11 Å². The van der Waals surface area contributed by atoms with Crippen molar-refractivity contribution in [2.24, 2.45) is 0 Å². The van der Waals surface area contributed by atoms with E-state index in [1.54, 1.807) is 6.07 Å². The summed E-state index contributed by atoms with van der Waals surface area (Å²) in [4.78, 5) is 3.55. The molecule has 0 aliphatic carbocycles. The van der Waals surface area contributed by atoms with Crippen LogP contribution in [0.2, 0.25) is 0 Å². The Morgan fingerprint density at radius 3 is 2.71 bits per heavy atom. The molecule has 0 saturated carbocycles. The average molecular weight is 198 g/mol. The van der Waals surface area contributed by atoms with Crippen molar-refractivity contribution in [3.63, 3.8) is 0 Å². The molecule has 0 radical (unpaired) electrons. The molecule has 5 heteroatoms. The minimum absolute atomic E-state index is 0.0856. The van der Waals surface area contributed by atoms with Crippen LogP contribution in [-0.4, -0.2) is 10.1 Å². The van der Waals surface area contributed by atoms with Crippen molar-refractivity contribution in [3.8, 4) is 6.07 Å². The fraction of sp³-hybridized carbons (Fsp3) is 0.333. The van der Waals surface area contributed by atoms with Crippen molar-refractivity contribution in [3.05, 3.63) is 28.6 Å². The molecule has 1 N–H and O–H groups in total. The quantitative estimate of drug-likeness (QED) is 0.786. The number of aliphatic hydroxyl groups is 1. The molecular weight excluding hydrogens is 190 g/mol. The topological polar surface area (TPSA) is 56.9 Å². The summed E-state index contributed by atoms with van der Waals surface area (Å²) in [7, 11) is 0. The number of halogens is 2. The van der Waals surface area contributed by atoms with Crippen molar-refractivity contribution in [1.82, 2.24) is 4.98 Å². The van der Waals surface area contributed by atoms with Gasteiger partial charge >= 0.3 is 0 Å². The second-order valence-corrected chi connectivity index (χ2v) is 2.74. The van der Waals surface area contributed by atoms with Gasteiger partial charge in [-0.2, -0.15) is 5.26 Å². The summed E-state index contributed by atoms with van der Waals surface area (Å²) in [5.41, 5.74) is -0.0606. The molecule has 1 aromatic rings. The summed E-state index contributed by atoms with van der Waals surface area (Å²) >= 11 is 0. The average Bonchev–Trinajstić information content (AvgIpc) is 2.17. The standard InChI is InChI=1S/C9H8F2N2O/c1-5-6(3-12)2-7(4-14)13-8(5)9(10)11/h2,9,14H,4H2,1H3. The maximum atomic E-state index is 12.4. The molecule has 0 bridgehead atoms. The molecule has 0 atom stereocenters. The minimum atomic E-state index is -2.73. The first-order valence-electron chi connectivity index (χ1n) is 3.89. The van der Waals surface area contributed by atoms with E-state index in [9.17, 15) is 8.78 Å². The molecule has 1 aromatic heterocycles. The second kappa shape index (κ2) is 4.11. The Balaban J connectivity index is 3.36. The van der Waals surface area contributed by atoms with E-state index < -0.39 is 18.7 Å². The molecule has 0 aliphatic heterocycles. The van der Waals surface area contributed by atoms with Gasteiger partial charge in [-0.3, -0.25) is 0 Å². The molecule has 74 valence electrons. The third-order valence-electron chi connectivity index (χ3n) is 1.85. The number of pyridine rings is 1. The van der Waals surface area contributed by atoms with Crippen LogP contribution in [0.5, 0.6) is 0 Å². The number of aromatic nitrogens is 1. The number of aliphatic hydroxyl groups excluding tert-OH is 1. The van der Waals surface area contributed by atoms with Gasteiger partial charge in [-0.1, -0.05) is 0 Å². The molecule has 3 nitrogen and oxygen atoms in total. The van der Waals surface area contributed by atoms with E-state index in [2.05, 4.69) is 4.98 Å². The lowest BCUT2D eigenvalue weighted by molar-refractivity contribution is 0.144. The Hall–Kier alpha value is -1.54. The molecular formula is C9H8F2N2O. The van der Waals surface area contributed by atoms with Crippen LogP contribution in [0, 0.1) is 18.3 Å². The smallest absolute Gasteiger partial charge is 0.280 e. The summed E-state index contributed by atoms with van der Waals surface area (Å²) < 4.78 is 24.8. The number of nitrogens with zero attached hydrogens (tertiary/aromatic N) is 2. The van der Waals surface area contributed by atoms with Crippen molar-refractivity contribution in [2.75, 3.05) is 0 Å². The number of alkyl halides is 2. The zero-order chi connectivity index (χ0) is 10.7. The fourth-order valence-electron chi connectivity index (χ4n) is 1.09. The first-order valence-corrected chi connectivity index (χ1v) is 3.89. The normalized spacial score (nSPS) is 10.3. The Kier molecular flexibility index (Phi) is 3.10. The van der Waals surface area contributed by atoms with Crippen molar-refractivity contribution < 1.29 is 13.9 Å². The summed E-state index contributed by atoms with van der Waals surface area (Å²) in [6.45, 7) is 0.961. The largest absolute Gasteiger partial charge is 0.390 e. The number of nitriles is 1. The van der Waals surface area contributed by atoms with Gasteiger partial charge in [0.05, 0.1) is 23.9 Å². The predicted molar refractivity (Wildman–Crippen MR) is 44.6 cm³/mol. The molecule has 1 rings (SSSR count). The van der Waals surface area contributed by atoms with Crippen molar-refractivity contribution in [2.45, 2.75) is 20.0 Å². The van der Waals surface area contributed by atoms with Crippen molar-refractivity contribution in [1.29, 1.82) is 5.26 Å². The molecule has 0 unspecified atom stereocenters. The van der Waals surface area contributed by atoms with E-state index in [4.69, 9.17) is 10.4 Å². The number of rotatable bonds is 2. The summed E-state index contributed by atoms with van der Waals surface area (Å²) in [6, 6.07) is 3.09. The molecule has 1 heterocycles. The first-order chi connectivity index (χ1) is 6.60. The zero-order valence-electron chi connectivity index (χ0n) is 7.46. The molecule has 0 aromatic carbocycles. The van der Waals surface area contributed by atoms with Crippen LogP contribution in [-0.2, 0) is 6.61 Å². The Morgan fingerprint density at radius 2 is 2.29 bits per heavy atom. The van der Waals surface area contributed by atoms with Gasteiger partial charge in [0.25, 0.3) is 6.43 Å². The van der Waals surface area contributed by atoms with E-state index in [-0.39, 0.29) is 16.8 Å². The molecule has 14 heavy (non-hydrogen) atoms. The predicted octanol–water partition coefficient (Wildman–Crippen LogP) is 1.69. The van der Waals surface area contributed by atoms with Crippen LogP contribution in [0.4, 0.5) is 8.78 Å². The molecule has 0 fully saturated rings. The van der Waals surface area contributed by atoms with Gasteiger partial charge in [-0.05, 0) is 18.6 Å². The summed E-state index contributed by atoms with van der Waals surface area (Å²) in [5, 5.41) is 17.4. The molecule has 0 spiro atoms. The number of hydrogen-bond acceptors (Lipinski definition) is 3. The van der Waals surface area contributed by atoms with E-state index in [1.807, 2.05) is 0 Å². The van der Waals surface area contributed by atoms with Crippen LogP contribution >= 0.6 is 0 Å². The highest BCUT2D eigenvalue weighted by atomic mass is 19.3. The van der Waals surface area contributed by atoms with Gasteiger partial charge in [0.1, 0.15) is 5.69 Å². The van der Waals surface area contributed by atoms with Crippen LogP contribution in [0.3, 0.4) is 0 Å². The van der Waals surface area contributed by atoms with Crippen LogP contribution in [0.1, 0.15) is 28.9 Å². The van der Waals surface area contributed by atoms with E-state index in [0.29, 0.717) is 0 Å². The van der Waals surface area contributed by atoms with E-state index in [0.717, 1.165) is 0 Å². The van der Waals surface area contributed by atoms with Crippen LogP contribution in [0.15, 0.2) is 6.07 Å². The maximum Gasteiger partial charge on any atom is 0.280 e. The molecule has 0 aliphatic rings. The van der Waals surface area contributed by atoms with Gasteiger partial charge in [-0.25, -0.2) is 13.8 Å². The van der Waals surface area contributed by atoms with Gasteiger partial charge in [0.2, 0.25) is 0 Å². The lowest BCUT2D eigenvalue weighted by Gasteiger charge is -2.07. The summed E-state index contributed by atoms with van der Waals surface area (Å²) in [5.74, 6) is 0. The number of hydrogen-bond donors (Lipinski definition) is 1. The Bertz CT molecular complexity index is 385. The second-order valence-electron chi connectivity index (χ2n) is 2.74. The Labute approximate surface area is 79.6 Å². The highest BCUT2D eigenvalue weighted by Crippen LogP contribution is 2.23.